The molecule has 0 aliphatic rings. The lowest BCUT2D eigenvalue weighted by atomic mass is 10.1. The summed E-state index contributed by atoms with van der Waals surface area (Å²) in [6, 6.07) is 20.0. The number of hydrogen-bond acceptors (Lipinski definition) is 2. The summed E-state index contributed by atoms with van der Waals surface area (Å²) in [5.41, 5.74) is 5.36. The molecule has 4 nitrogen and oxygen atoms in total. The van der Waals surface area contributed by atoms with E-state index in [1.807, 2.05) is 67.6 Å². The molecule has 4 aromatic rings. The average Bonchev–Trinajstić information content (AvgIpc) is 2.96. The van der Waals surface area contributed by atoms with Crippen LogP contribution in [-0.4, -0.2) is 14.6 Å². The summed E-state index contributed by atoms with van der Waals surface area (Å²) < 4.78 is 1.55. The van der Waals surface area contributed by atoms with E-state index >= 15 is 0 Å². The highest BCUT2D eigenvalue weighted by Gasteiger charge is 2.15. The van der Waals surface area contributed by atoms with Gasteiger partial charge < -0.3 is 0 Å². The standard InChI is InChI=1S/C20H17N3O/c1-14-18(16-10-6-3-7-11-16)19-21-13-17(20(24)23(19)22-14)12-15-8-4-2-5-9-15/h2-11,13,22H,12H2,1H3. The molecule has 2 aromatic carbocycles. The lowest BCUT2D eigenvalue weighted by molar-refractivity contribution is 0.858. The highest BCUT2D eigenvalue weighted by atomic mass is 16.1. The van der Waals surface area contributed by atoms with Crippen molar-refractivity contribution in [3.05, 3.63) is 94.0 Å². The minimum atomic E-state index is -0.0471. The number of aromatic nitrogens is 3. The number of fused-ring (bicyclic) bond motifs is 1. The number of aryl methyl sites for hydroxylation is 1. The molecule has 0 bridgehead atoms. The largest absolute Gasteiger partial charge is 0.293 e. The third kappa shape index (κ3) is 2.42. The summed E-state index contributed by atoms with van der Waals surface area (Å²) in [4.78, 5) is 17.4. The van der Waals surface area contributed by atoms with E-state index in [9.17, 15) is 4.79 Å². The van der Waals surface area contributed by atoms with Crippen molar-refractivity contribution in [1.29, 1.82) is 0 Å². The van der Waals surface area contributed by atoms with Gasteiger partial charge in [-0.15, -0.1) is 0 Å². The summed E-state index contributed by atoms with van der Waals surface area (Å²) in [5, 5.41) is 3.16. The summed E-state index contributed by atoms with van der Waals surface area (Å²) in [6.07, 6.45) is 2.28. The first kappa shape index (κ1) is 14.5. The summed E-state index contributed by atoms with van der Waals surface area (Å²) >= 11 is 0. The van der Waals surface area contributed by atoms with Crippen molar-refractivity contribution in [2.45, 2.75) is 13.3 Å². The molecule has 4 heteroatoms. The molecular formula is C20H17N3O. The fourth-order valence-corrected chi connectivity index (χ4v) is 3.05. The van der Waals surface area contributed by atoms with Crippen molar-refractivity contribution in [2.75, 3.05) is 0 Å². The number of aromatic amines is 1. The van der Waals surface area contributed by atoms with Crippen LogP contribution in [0.1, 0.15) is 16.8 Å². The highest BCUT2D eigenvalue weighted by Crippen LogP contribution is 2.26. The van der Waals surface area contributed by atoms with Crippen molar-refractivity contribution in [2.24, 2.45) is 0 Å². The SMILES string of the molecule is Cc1[nH]n2c(=O)c(Cc3ccccc3)cnc2c1-c1ccccc1. The molecule has 4 rings (SSSR count). The maximum absolute atomic E-state index is 12.8. The van der Waals surface area contributed by atoms with Gasteiger partial charge in [0.05, 0.1) is 0 Å². The molecule has 0 fully saturated rings. The Kier molecular flexibility index (Phi) is 3.50. The fourth-order valence-electron chi connectivity index (χ4n) is 3.05. The minimum Gasteiger partial charge on any atom is -0.293 e. The Hall–Kier alpha value is -3.14. The minimum absolute atomic E-state index is 0.0471. The lowest BCUT2D eigenvalue weighted by Gasteiger charge is -2.03. The van der Waals surface area contributed by atoms with Crippen molar-refractivity contribution in [3.63, 3.8) is 0 Å². The quantitative estimate of drug-likeness (QED) is 0.628. The maximum atomic E-state index is 12.8. The van der Waals surface area contributed by atoms with Gasteiger partial charge in [0.25, 0.3) is 5.56 Å². The Morgan fingerprint density at radius 2 is 1.67 bits per heavy atom. The van der Waals surface area contributed by atoms with Crippen molar-refractivity contribution in [3.8, 4) is 11.1 Å². The van der Waals surface area contributed by atoms with Gasteiger partial charge in [-0.25, -0.2) is 9.50 Å². The van der Waals surface area contributed by atoms with Gasteiger partial charge in [-0.05, 0) is 18.1 Å². The van der Waals surface area contributed by atoms with E-state index in [-0.39, 0.29) is 5.56 Å². The Morgan fingerprint density at radius 3 is 2.38 bits per heavy atom. The van der Waals surface area contributed by atoms with Crippen LogP contribution in [0.2, 0.25) is 0 Å². The smallest absolute Gasteiger partial charge is 0.276 e. The molecule has 0 unspecified atom stereocenters. The average molecular weight is 315 g/mol. The molecule has 0 radical (unpaired) electrons. The van der Waals surface area contributed by atoms with Gasteiger partial charge in [-0.1, -0.05) is 60.7 Å². The van der Waals surface area contributed by atoms with Crippen LogP contribution in [-0.2, 0) is 6.42 Å². The molecule has 2 heterocycles. The first-order chi connectivity index (χ1) is 11.7. The number of rotatable bonds is 3. The molecule has 1 N–H and O–H groups in total. The number of nitrogens with one attached hydrogen (secondary N) is 1. The predicted octanol–water partition coefficient (Wildman–Crippen LogP) is 3.59. The molecule has 24 heavy (non-hydrogen) atoms. The third-order valence-corrected chi connectivity index (χ3v) is 4.21. The van der Waals surface area contributed by atoms with E-state index in [0.717, 1.165) is 22.4 Å². The predicted molar refractivity (Wildman–Crippen MR) is 95.2 cm³/mol. The van der Waals surface area contributed by atoms with Crippen LogP contribution >= 0.6 is 0 Å². The Bertz CT molecular complexity index is 1050. The van der Waals surface area contributed by atoms with Crippen LogP contribution < -0.4 is 5.56 Å². The number of H-pyrrole nitrogens is 1. The zero-order chi connectivity index (χ0) is 16.5. The summed E-state index contributed by atoms with van der Waals surface area (Å²) in [6.45, 7) is 1.97. The van der Waals surface area contributed by atoms with Gasteiger partial charge in [-0.3, -0.25) is 9.89 Å². The monoisotopic (exact) mass is 315 g/mol. The molecular weight excluding hydrogens is 298 g/mol. The summed E-state index contributed by atoms with van der Waals surface area (Å²) in [7, 11) is 0. The Labute approximate surface area is 139 Å². The van der Waals surface area contributed by atoms with E-state index < -0.39 is 0 Å². The molecule has 0 saturated carbocycles. The second-order valence-corrected chi connectivity index (χ2v) is 5.89. The van der Waals surface area contributed by atoms with Gasteiger partial charge in [0.1, 0.15) is 0 Å². The molecule has 0 spiro atoms. The molecule has 0 amide bonds. The Morgan fingerprint density at radius 1 is 1.00 bits per heavy atom. The van der Waals surface area contributed by atoms with E-state index in [2.05, 4.69) is 10.1 Å². The Balaban J connectivity index is 1.85. The van der Waals surface area contributed by atoms with Crippen LogP contribution in [0.25, 0.3) is 16.8 Å². The van der Waals surface area contributed by atoms with Crippen LogP contribution in [0.3, 0.4) is 0 Å². The molecule has 118 valence electrons. The van der Waals surface area contributed by atoms with Gasteiger partial charge in [0.2, 0.25) is 0 Å². The molecule has 0 saturated heterocycles. The van der Waals surface area contributed by atoms with E-state index in [1.165, 1.54) is 0 Å². The van der Waals surface area contributed by atoms with Crippen LogP contribution in [0.15, 0.2) is 71.7 Å². The molecule has 0 atom stereocenters. The topological polar surface area (TPSA) is 50.2 Å². The second-order valence-electron chi connectivity index (χ2n) is 5.89. The zero-order valence-corrected chi connectivity index (χ0v) is 13.4. The zero-order valence-electron chi connectivity index (χ0n) is 13.4. The molecule has 0 aliphatic carbocycles. The lowest BCUT2D eigenvalue weighted by Crippen LogP contribution is -2.20. The number of nitrogens with zero attached hydrogens (tertiary/aromatic N) is 2. The van der Waals surface area contributed by atoms with Crippen LogP contribution in [0.5, 0.6) is 0 Å². The van der Waals surface area contributed by atoms with E-state index in [4.69, 9.17) is 0 Å². The van der Waals surface area contributed by atoms with Gasteiger partial charge in [0, 0.05) is 29.4 Å². The van der Waals surface area contributed by atoms with Crippen molar-refractivity contribution >= 4 is 5.65 Å². The third-order valence-electron chi connectivity index (χ3n) is 4.21. The van der Waals surface area contributed by atoms with E-state index in [1.54, 1.807) is 10.7 Å². The summed E-state index contributed by atoms with van der Waals surface area (Å²) in [5.74, 6) is 0. The van der Waals surface area contributed by atoms with E-state index in [0.29, 0.717) is 17.6 Å². The second kappa shape index (κ2) is 5.81. The number of benzene rings is 2. The normalized spacial score (nSPS) is 11.0. The van der Waals surface area contributed by atoms with Gasteiger partial charge in [0.15, 0.2) is 5.65 Å². The van der Waals surface area contributed by atoms with Crippen molar-refractivity contribution < 1.29 is 0 Å². The van der Waals surface area contributed by atoms with Crippen molar-refractivity contribution in [1.82, 2.24) is 14.6 Å². The van der Waals surface area contributed by atoms with Crippen LogP contribution in [0.4, 0.5) is 0 Å². The maximum Gasteiger partial charge on any atom is 0.276 e. The first-order valence-electron chi connectivity index (χ1n) is 7.92. The molecule has 2 aromatic heterocycles. The molecule has 0 aliphatic heterocycles. The van der Waals surface area contributed by atoms with Crippen LogP contribution in [0, 0.1) is 6.92 Å². The highest BCUT2D eigenvalue weighted by molar-refractivity contribution is 5.79. The first-order valence-corrected chi connectivity index (χ1v) is 7.92. The fraction of sp³-hybridized carbons (Fsp3) is 0.100. The van der Waals surface area contributed by atoms with Gasteiger partial charge >= 0.3 is 0 Å². The van der Waals surface area contributed by atoms with Gasteiger partial charge in [-0.2, -0.15) is 0 Å². The number of hydrogen-bond donors (Lipinski definition) is 1.